The van der Waals surface area contributed by atoms with Gasteiger partial charge in [0, 0.05) is 25.3 Å². The van der Waals surface area contributed by atoms with Crippen LogP contribution in [0.25, 0.3) is 0 Å². The summed E-state index contributed by atoms with van der Waals surface area (Å²) < 4.78 is 11.2. The van der Waals surface area contributed by atoms with E-state index in [1.807, 2.05) is 19.9 Å². The number of hydrogen-bond acceptors (Lipinski definition) is 4. The second-order valence-electron chi connectivity index (χ2n) is 7.57. The van der Waals surface area contributed by atoms with Crippen molar-refractivity contribution in [3.63, 3.8) is 0 Å². The van der Waals surface area contributed by atoms with Crippen LogP contribution in [0.3, 0.4) is 0 Å². The predicted molar refractivity (Wildman–Crippen MR) is 102 cm³/mol. The van der Waals surface area contributed by atoms with Gasteiger partial charge in [-0.3, -0.25) is 4.79 Å². The maximum atomic E-state index is 13.0. The van der Waals surface area contributed by atoms with Crippen LogP contribution in [0.15, 0.2) is 18.2 Å². The number of carbonyl (C=O) groups is 1. The predicted octanol–water partition coefficient (Wildman–Crippen LogP) is 2.81. The van der Waals surface area contributed by atoms with Gasteiger partial charge in [-0.1, -0.05) is 25.0 Å². The number of fused-ring (bicyclic) bond motifs is 1. The first-order valence-corrected chi connectivity index (χ1v) is 9.95. The topological polar surface area (TPSA) is 59.6 Å². The van der Waals surface area contributed by atoms with Gasteiger partial charge in [-0.25, -0.2) is 0 Å². The zero-order valence-corrected chi connectivity index (χ0v) is 16.1. The van der Waals surface area contributed by atoms with Gasteiger partial charge in [0.2, 0.25) is 5.91 Å². The normalized spacial score (nSPS) is 24.9. The van der Waals surface area contributed by atoms with E-state index in [-0.39, 0.29) is 11.3 Å². The van der Waals surface area contributed by atoms with Crippen molar-refractivity contribution in [3.8, 4) is 5.75 Å². The minimum Gasteiger partial charge on any atom is -0.491 e. The molecule has 5 heteroatoms. The standard InChI is InChI=1S/C21H32N2O3/c1-3-25-10-11-26-19-12-16(2)7-8-17(19)13-23-20(24)21-9-5-4-6-18(21)14-22-15-21/h7-8,12,18,22H,3-6,9-11,13-15H2,1-2H3,(H,23,24)/t18-,21+/m0/s1. The van der Waals surface area contributed by atoms with Crippen LogP contribution in [0.4, 0.5) is 0 Å². The quantitative estimate of drug-likeness (QED) is 0.700. The van der Waals surface area contributed by atoms with Crippen molar-refractivity contribution in [2.24, 2.45) is 11.3 Å². The molecule has 26 heavy (non-hydrogen) atoms. The summed E-state index contributed by atoms with van der Waals surface area (Å²) in [5.41, 5.74) is 1.96. The third-order valence-corrected chi connectivity index (χ3v) is 5.84. The average molecular weight is 360 g/mol. The molecule has 1 aromatic carbocycles. The van der Waals surface area contributed by atoms with Crippen LogP contribution >= 0.6 is 0 Å². The molecule has 1 aliphatic carbocycles. The van der Waals surface area contributed by atoms with Gasteiger partial charge in [0.1, 0.15) is 12.4 Å². The number of amides is 1. The van der Waals surface area contributed by atoms with Crippen LogP contribution in [0.2, 0.25) is 0 Å². The maximum Gasteiger partial charge on any atom is 0.228 e. The van der Waals surface area contributed by atoms with Crippen molar-refractivity contribution in [3.05, 3.63) is 29.3 Å². The van der Waals surface area contributed by atoms with Gasteiger partial charge in [0.05, 0.1) is 12.0 Å². The van der Waals surface area contributed by atoms with E-state index in [0.717, 1.165) is 49.2 Å². The molecule has 2 fully saturated rings. The van der Waals surface area contributed by atoms with E-state index in [1.165, 1.54) is 6.42 Å². The first kappa shape index (κ1) is 19.2. The summed E-state index contributed by atoms with van der Waals surface area (Å²) in [4.78, 5) is 13.0. The van der Waals surface area contributed by atoms with E-state index >= 15 is 0 Å². The van der Waals surface area contributed by atoms with Gasteiger partial charge in [0.15, 0.2) is 0 Å². The smallest absolute Gasteiger partial charge is 0.228 e. The maximum absolute atomic E-state index is 13.0. The van der Waals surface area contributed by atoms with Gasteiger partial charge in [0.25, 0.3) is 0 Å². The highest BCUT2D eigenvalue weighted by Crippen LogP contribution is 2.44. The summed E-state index contributed by atoms with van der Waals surface area (Å²) in [5, 5.41) is 6.65. The highest BCUT2D eigenvalue weighted by atomic mass is 16.5. The molecule has 0 spiro atoms. The SMILES string of the molecule is CCOCCOc1cc(C)ccc1CNC(=O)[C@@]12CCCC[C@H]1CNC2. The molecule has 1 aliphatic heterocycles. The molecule has 5 nitrogen and oxygen atoms in total. The minimum absolute atomic E-state index is 0.202. The van der Waals surface area contributed by atoms with E-state index in [1.54, 1.807) is 0 Å². The summed E-state index contributed by atoms with van der Waals surface area (Å²) in [6, 6.07) is 6.15. The molecule has 0 bridgehead atoms. The molecule has 1 aromatic rings. The molecule has 2 atom stereocenters. The Hall–Kier alpha value is -1.59. The Bertz CT molecular complexity index is 619. The molecule has 0 unspecified atom stereocenters. The Kier molecular flexibility index (Phi) is 6.54. The number of carbonyl (C=O) groups excluding carboxylic acids is 1. The van der Waals surface area contributed by atoms with Gasteiger partial charge in [-0.15, -0.1) is 0 Å². The van der Waals surface area contributed by atoms with Gasteiger partial charge in [-0.05, 0) is 50.8 Å². The Morgan fingerprint density at radius 2 is 2.23 bits per heavy atom. The molecule has 0 radical (unpaired) electrons. The molecule has 1 saturated carbocycles. The molecule has 2 aliphatic rings. The molecular formula is C21H32N2O3. The first-order chi connectivity index (χ1) is 12.7. The third kappa shape index (κ3) is 4.21. The van der Waals surface area contributed by atoms with Gasteiger partial charge >= 0.3 is 0 Å². The number of nitrogens with one attached hydrogen (secondary N) is 2. The summed E-state index contributed by atoms with van der Waals surface area (Å²) in [6.07, 6.45) is 4.57. The lowest BCUT2D eigenvalue weighted by Gasteiger charge is -2.37. The average Bonchev–Trinajstić information content (AvgIpc) is 3.09. The van der Waals surface area contributed by atoms with Crippen molar-refractivity contribution in [1.29, 1.82) is 0 Å². The first-order valence-electron chi connectivity index (χ1n) is 9.95. The van der Waals surface area contributed by atoms with Crippen LogP contribution in [0.5, 0.6) is 5.75 Å². The van der Waals surface area contributed by atoms with Crippen molar-refractivity contribution in [2.45, 2.75) is 46.1 Å². The van der Waals surface area contributed by atoms with Gasteiger partial charge < -0.3 is 20.1 Å². The second kappa shape index (κ2) is 8.87. The van der Waals surface area contributed by atoms with Crippen molar-refractivity contribution in [1.82, 2.24) is 10.6 Å². The van der Waals surface area contributed by atoms with Crippen molar-refractivity contribution < 1.29 is 14.3 Å². The Morgan fingerprint density at radius 1 is 1.35 bits per heavy atom. The largest absolute Gasteiger partial charge is 0.491 e. The lowest BCUT2D eigenvalue weighted by molar-refractivity contribution is -0.134. The fourth-order valence-electron chi connectivity index (χ4n) is 4.34. The second-order valence-corrected chi connectivity index (χ2v) is 7.57. The highest BCUT2D eigenvalue weighted by Gasteiger charge is 2.49. The molecule has 1 heterocycles. The molecule has 0 aromatic heterocycles. The summed E-state index contributed by atoms with van der Waals surface area (Å²) in [6.45, 7) is 8.12. The summed E-state index contributed by atoms with van der Waals surface area (Å²) in [7, 11) is 0. The molecular weight excluding hydrogens is 328 g/mol. The van der Waals surface area contributed by atoms with E-state index < -0.39 is 0 Å². The third-order valence-electron chi connectivity index (χ3n) is 5.84. The van der Waals surface area contributed by atoms with E-state index in [2.05, 4.69) is 22.8 Å². The highest BCUT2D eigenvalue weighted by molar-refractivity contribution is 5.84. The fraction of sp³-hybridized carbons (Fsp3) is 0.667. The summed E-state index contributed by atoms with van der Waals surface area (Å²) >= 11 is 0. The number of aryl methyl sites for hydroxylation is 1. The Labute approximate surface area is 156 Å². The fourth-order valence-corrected chi connectivity index (χ4v) is 4.34. The van der Waals surface area contributed by atoms with E-state index in [9.17, 15) is 4.79 Å². The van der Waals surface area contributed by atoms with Crippen molar-refractivity contribution in [2.75, 3.05) is 32.9 Å². The molecule has 3 rings (SSSR count). The van der Waals surface area contributed by atoms with Crippen LogP contribution < -0.4 is 15.4 Å². The summed E-state index contributed by atoms with van der Waals surface area (Å²) in [5.74, 6) is 1.52. The number of hydrogen-bond donors (Lipinski definition) is 2. The van der Waals surface area contributed by atoms with Crippen LogP contribution in [-0.4, -0.2) is 38.8 Å². The molecule has 1 saturated heterocycles. The molecule has 1 amide bonds. The zero-order valence-electron chi connectivity index (χ0n) is 16.1. The molecule has 144 valence electrons. The van der Waals surface area contributed by atoms with E-state index in [0.29, 0.717) is 32.3 Å². The van der Waals surface area contributed by atoms with Gasteiger partial charge in [-0.2, -0.15) is 0 Å². The number of ether oxygens (including phenoxy) is 2. The number of rotatable bonds is 8. The van der Waals surface area contributed by atoms with Crippen LogP contribution in [0.1, 0.15) is 43.7 Å². The van der Waals surface area contributed by atoms with Crippen molar-refractivity contribution >= 4 is 5.91 Å². The van der Waals surface area contributed by atoms with Crippen LogP contribution in [-0.2, 0) is 16.1 Å². The zero-order chi connectivity index (χ0) is 18.4. The monoisotopic (exact) mass is 360 g/mol. The molecule has 2 N–H and O–H groups in total. The lowest BCUT2D eigenvalue weighted by Crippen LogP contribution is -2.47. The number of benzene rings is 1. The Morgan fingerprint density at radius 3 is 3.08 bits per heavy atom. The Balaban J connectivity index is 1.62. The van der Waals surface area contributed by atoms with Crippen LogP contribution in [0, 0.1) is 18.3 Å². The lowest BCUT2D eigenvalue weighted by atomic mass is 9.67. The minimum atomic E-state index is -0.209. The van der Waals surface area contributed by atoms with E-state index in [4.69, 9.17) is 9.47 Å².